The number of nitrogens with one attached hydrogen (secondary N) is 1. The van der Waals surface area contributed by atoms with Crippen molar-refractivity contribution >= 4 is 9.84 Å². The van der Waals surface area contributed by atoms with Gasteiger partial charge < -0.3 is 9.88 Å². The van der Waals surface area contributed by atoms with Crippen molar-refractivity contribution in [3.8, 4) is 0 Å². The number of hydrogen-bond acceptors (Lipinski definition) is 4. The first-order valence-electron chi connectivity index (χ1n) is 6.53. The van der Waals surface area contributed by atoms with Crippen molar-refractivity contribution in [2.75, 3.05) is 18.1 Å². The van der Waals surface area contributed by atoms with Crippen LogP contribution in [0.5, 0.6) is 0 Å². The largest absolute Gasteiger partial charge is 0.330 e. The molecule has 1 N–H and O–H groups in total. The van der Waals surface area contributed by atoms with Gasteiger partial charge in [-0.05, 0) is 18.8 Å². The van der Waals surface area contributed by atoms with E-state index in [1.165, 1.54) is 12.1 Å². The lowest BCUT2D eigenvalue weighted by Gasteiger charge is -2.27. The molecule has 5 nitrogen and oxygen atoms in total. The highest BCUT2D eigenvalue weighted by molar-refractivity contribution is 7.91. The van der Waals surface area contributed by atoms with E-state index >= 15 is 0 Å². The van der Waals surface area contributed by atoms with E-state index in [0.717, 1.165) is 18.8 Å². The Bertz CT molecular complexity index is 550. The molecule has 0 aromatic carbocycles. The molecule has 2 atom stereocenters. The van der Waals surface area contributed by atoms with Gasteiger partial charge in [0, 0.05) is 25.0 Å². The van der Waals surface area contributed by atoms with Gasteiger partial charge in [-0.2, -0.15) is 0 Å². The smallest absolute Gasteiger partial charge is 0.153 e. The highest BCUT2D eigenvalue weighted by Gasteiger charge is 2.30. The maximum absolute atomic E-state index is 11.7. The normalized spacial score (nSPS) is 30.9. The molecule has 3 heterocycles. The van der Waals surface area contributed by atoms with E-state index < -0.39 is 9.84 Å². The van der Waals surface area contributed by atoms with E-state index in [9.17, 15) is 8.42 Å². The SMILES string of the molecule is CC1CCc2cnc(C3CS(=O)(=O)CCN3)n2C1. The van der Waals surface area contributed by atoms with Gasteiger partial charge >= 0.3 is 0 Å². The van der Waals surface area contributed by atoms with Crippen LogP contribution in [0.2, 0.25) is 0 Å². The molecule has 1 aromatic heterocycles. The summed E-state index contributed by atoms with van der Waals surface area (Å²) >= 11 is 0. The van der Waals surface area contributed by atoms with Gasteiger partial charge in [-0.15, -0.1) is 0 Å². The molecule has 100 valence electrons. The minimum Gasteiger partial charge on any atom is -0.330 e. The molecule has 3 rings (SSSR count). The fraction of sp³-hybridized carbons (Fsp3) is 0.750. The van der Waals surface area contributed by atoms with Crippen molar-refractivity contribution in [3.63, 3.8) is 0 Å². The van der Waals surface area contributed by atoms with E-state index in [-0.39, 0.29) is 17.5 Å². The van der Waals surface area contributed by atoms with Crippen LogP contribution < -0.4 is 5.32 Å². The molecule has 1 saturated heterocycles. The van der Waals surface area contributed by atoms with Gasteiger partial charge in [0.25, 0.3) is 0 Å². The Morgan fingerprint density at radius 3 is 3.11 bits per heavy atom. The lowest BCUT2D eigenvalue weighted by atomic mass is 10.0. The first-order chi connectivity index (χ1) is 8.55. The highest BCUT2D eigenvalue weighted by atomic mass is 32.2. The molecule has 0 saturated carbocycles. The summed E-state index contributed by atoms with van der Waals surface area (Å²) in [5.74, 6) is 1.97. The maximum atomic E-state index is 11.7. The molecule has 18 heavy (non-hydrogen) atoms. The monoisotopic (exact) mass is 269 g/mol. The van der Waals surface area contributed by atoms with Crippen LogP contribution in [-0.4, -0.2) is 36.0 Å². The van der Waals surface area contributed by atoms with E-state index in [1.807, 2.05) is 6.20 Å². The third-order valence-electron chi connectivity index (χ3n) is 3.89. The average molecular weight is 269 g/mol. The molecule has 6 heteroatoms. The fourth-order valence-corrected chi connectivity index (χ4v) is 4.23. The third kappa shape index (κ3) is 2.19. The third-order valence-corrected chi connectivity index (χ3v) is 5.56. The second kappa shape index (κ2) is 4.35. The van der Waals surface area contributed by atoms with Crippen molar-refractivity contribution in [1.29, 1.82) is 0 Å². The summed E-state index contributed by atoms with van der Waals surface area (Å²) in [7, 11) is -2.91. The van der Waals surface area contributed by atoms with E-state index in [4.69, 9.17) is 0 Å². The summed E-state index contributed by atoms with van der Waals surface area (Å²) in [4.78, 5) is 4.46. The number of aryl methyl sites for hydroxylation is 1. The Hall–Kier alpha value is -0.880. The van der Waals surface area contributed by atoms with Crippen LogP contribution in [-0.2, 0) is 22.8 Å². The zero-order valence-electron chi connectivity index (χ0n) is 10.6. The van der Waals surface area contributed by atoms with Gasteiger partial charge in [0.15, 0.2) is 9.84 Å². The Kier molecular flexibility index (Phi) is 2.94. The molecular weight excluding hydrogens is 250 g/mol. The van der Waals surface area contributed by atoms with Crippen LogP contribution in [0.25, 0.3) is 0 Å². The Balaban J connectivity index is 1.91. The van der Waals surface area contributed by atoms with E-state index in [1.54, 1.807) is 0 Å². The lowest BCUT2D eigenvalue weighted by Crippen LogP contribution is -2.40. The molecular formula is C12H19N3O2S. The number of imidazole rings is 1. The predicted octanol–water partition coefficient (Wildman–Crippen LogP) is 0.524. The Morgan fingerprint density at radius 1 is 1.50 bits per heavy atom. The number of sulfone groups is 1. The summed E-state index contributed by atoms with van der Waals surface area (Å²) in [5.41, 5.74) is 1.24. The second-order valence-electron chi connectivity index (χ2n) is 5.48. The predicted molar refractivity (Wildman–Crippen MR) is 69.1 cm³/mol. The van der Waals surface area contributed by atoms with Gasteiger partial charge in [-0.3, -0.25) is 0 Å². The van der Waals surface area contributed by atoms with Crippen molar-refractivity contribution in [3.05, 3.63) is 17.7 Å². The minimum absolute atomic E-state index is 0.136. The van der Waals surface area contributed by atoms with Gasteiger partial charge in [0.1, 0.15) is 5.82 Å². The zero-order chi connectivity index (χ0) is 12.8. The van der Waals surface area contributed by atoms with Gasteiger partial charge in [0.2, 0.25) is 0 Å². The Morgan fingerprint density at radius 2 is 2.33 bits per heavy atom. The zero-order valence-corrected chi connectivity index (χ0v) is 11.4. The summed E-state index contributed by atoms with van der Waals surface area (Å²) in [6.07, 6.45) is 4.15. The molecule has 0 aliphatic carbocycles. The first kappa shape index (κ1) is 12.2. The number of hydrogen-bond donors (Lipinski definition) is 1. The summed E-state index contributed by atoms with van der Waals surface area (Å²) in [6.45, 7) is 3.73. The van der Waals surface area contributed by atoms with Crippen molar-refractivity contribution in [2.45, 2.75) is 32.4 Å². The molecule has 0 amide bonds. The molecule has 0 bridgehead atoms. The van der Waals surface area contributed by atoms with Gasteiger partial charge in [-0.25, -0.2) is 13.4 Å². The molecule has 2 aliphatic rings. The average Bonchev–Trinajstić information content (AvgIpc) is 2.70. The van der Waals surface area contributed by atoms with Crippen molar-refractivity contribution < 1.29 is 8.42 Å². The van der Waals surface area contributed by atoms with Gasteiger partial charge in [0.05, 0.1) is 17.5 Å². The van der Waals surface area contributed by atoms with Crippen molar-refractivity contribution in [1.82, 2.24) is 14.9 Å². The number of rotatable bonds is 1. The van der Waals surface area contributed by atoms with Crippen LogP contribution in [0.1, 0.15) is 30.9 Å². The number of aromatic nitrogens is 2. The van der Waals surface area contributed by atoms with Crippen LogP contribution in [0, 0.1) is 5.92 Å². The van der Waals surface area contributed by atoms with Crippen LogP contribution >= 0.6 is 0 Å². The number of fused-ring (bicyclic) bond motifs is 1. The van der Waals surface area contributed by atoms with E-state index in [2.05, 4.69) is 21.8 Å². The van der Waals surface area contributed by atoms with Crippen LogP contribution in [0.3, 0.4) is 0 Å². The topological polar surface area (TPSA) is 64.0 Å². The molecule has 0 spiro atoms. The first-order valence-corrected chi connectivity index (χ1v) is 8.35. The van der Waals surface area contributed by atoms with Crippen LogP contribution in [0.4, 0.5) is 0 Å². The summed E-state index contributed by atoms with van der Waals surface area (Å²) in [6, 6.07) is -0.136. The van der Waals surface area contributed by atoms with Crippen molar-refractivity contribution in [2.24, 2.45) is 5.92 Å². The minimum atomic E-state index is -2.91. The standard InChI is InChI=1S/C12H19N3O2S/c1-9-2-3-10-6-14-12(15(10)7-9)11-8-18(16,17)5-4-13-11/h6,9,11,13H,2-5,7-8H2,1H3. The molecule has 2 unspecified atom stereocenters. The molecule has 1 aromatic rings. The highest BCUT2D eigenvalue weighted by Crippen LogP contribution is 2.25. The quantitative estimate of drug-likeness (QED) is 0.807. The molecule has 0 radical (unpaired) electrons. The fourth-order valence-electron chi connectivity index (χ4n) is 2.86. The van der Waals surface area contributed by atoms with Gasteiger partial charge in [-0.1, -0.05) is 6.92 Å². The summed E-state index contributed by atoms with van der Waals surface area (Å²) in [5, 5.41) is 3.28. The molecule has 1 fully saturated rings. The second-order valence-corrected chi connectivity index (χ2v) is 7.71. The maximum Gasteiger partial charge on any atom is 0.153 e. The Labute approximate surface area is 108 Å². The van der Waals surface area contributed by atoms with E-state index in [0.29, 0.717) is 12.5 Å². The number of nitrogens with zero attached hydrogens (tertiary/aromatic N) is 2. The lowest BCUT2D eigenvalue weighted by molar-refractivity contribution is 0.377. The molecule has 2 aliphatic heterocycles. The van der Waals surface area contributed by atoms with Crippen LogP contribution in [0.15, 0.2) is 6.20 Å². The summed E-state index contributed by atoms with van der Waals surface area (Å²) < 4.78 is 25.6.